The number of nitrogens with zero attached hydrogens (tertiary/aromatic N) is 1. The highest BCUT2D eigenvalue weighted by molar-refractivity contribution is 5.85. The van der Waals surface area contributed by atoms with Gasteiger partial charge in [-0.3, -0.25) is 4.90 Å². The molecule has 3 N–H and O–H groups in total. The molecule has 2 aliphatic heterocycles. The van der Waals surface area contributed by atoms with Crippen LogP contribution in [0.2, 0.25) is 0 Å². The second-order valence-corrected chi connectivity index (χ2v) is 11.2. The Balaban J connectivity index is 0.00000200. The van der Waals surface area contributed by atoms with Gasteiger partial charge >= 0.3 is 0 Å². The van der Waals surface area contributed by atoms with Crippen LogP contribution in [0.4, 0.5) is 5.69 Å². The first-order valence-electron chi connectivity index (χ1n) is 13.5. The molecule has 38 heavy (non-hydrogen) atoms. The number of hydrogen-bond donors (Lipinski definition) is 2. The number of nitrogens with two attached hydrogens (primary N) is 1. The number of rotatable bonds is 7. The summed E-state index contributed by atoms with van der Waals surface area (Å²) in [4.78, 5) is 2.61. The van der Waals surface area contributed by atoms with E-state index in [0.29, 0.717) is 5.92 Å². The normalized spacial score (nSPS) is 19.4. The summed E-state index contributed by atoms with van der Waals surface area (Å²) in [7, 11) is 0. The molecule has 0 spiro atoms. The highest BCUT2D eigenvalue weighted by Crippen LogP contribution is 2.44. The molecule has 3 aromatic carbocycles. The molecule has 2 aliphatic rings. The number of nitrogens with one attached hydrogen (secondary N) is 1. The first kappa shape index (κ1) is 30.3. The number of piperidine rings is 1. The molecule has 6 heteroatoms. The van der Waals surface area contributed by atoms with Gasteiger partial charge in [-0.1, -0.05) is 60.7 Å². The monoisotopic (exact) mass is 555 g/mol. The lowest BCUT2D eigenvalue weighted by atomic mass is 9.90. The Morgan fingerprint density at radius 3 is 2.00 bits per heavy atom. The minimum atomic E-state index is -0.186. The van der Waals surface area contributed by atoms with Gasteiger partial charge < -0.3 is 15.8 Å². The summed E-state index contributed by atoms with van der Waals surface area (Å²) in [5.41, 5.74) is 14.7. The quantitative estimate of drug-likeness (QED) is 0.314. The van der Waals surface area contributed by atoms with Crippen LogP contribution in [0, 0.1) is 26.7 Å². The van der Waals surface area contributed by atoms with Gasteiger partial charge in [-0.05, 0) is 93.9 Å². The molecule has 1 atom stereocenters. The first-order chi connectivity index (χ1) is 17.3. The van der Waals surface area contributed by atoms with Crippen molar-refractivity contribution in [3.63, 3.8) is 0 Å². The maximum absolute atomic E-state index is 6.64. The zero-order valence-corrected chi connectivity index (χ0v) is 24.8. The van der Waals surface area contributed by atoms with Gasteiger partial charge in [0, 0.05) is 24.2 Å². The zero-order chi connectivity index (χ0) is 25.3. The molecule has 206 valence electrons. The molecule has 0 aromatic heterocycles. The van der Waals surface area contributed by atoms with E-state index in [1.165, 1.54) is 40.7 Å². The van der Waals surface area contributed by atoms with Crippen molar-refractivity contribution in [2.45, 2.75) is 58.6 Å². The van der Waals surface area contributed by atoms with E-state index in [9.17, 15) is 0 Å². The smallest absolute Gasteiger partial charge is 0.127 e. The van der Waals surface area contributed by atoms with Gasteiger partial charge in [0.25, 0.3) is 0 Å². The number of anilines is 1. The van der Waals surface area contributed by atoms with Gasteiger partial charge in [0.05, 0.1) is 6.04 Å². The summed E-state index contributed by atoms with van der Waals surface area (Å²) in [6.07, 6.45) is 3.38. The molecule has 1 unspecified atom stereocenters. The third-order valence-corrected chi connectivity index (χ3v) is 8.48. The number of fused-ring (bicyclic) bond motifs is 1. The molecule has 5 rings (SSSR count). The fourth-order valence-corrected chi connectivity index (χ4v) is 6.13. The minimum Gasteiger partial charge on any atom is -0.485 e. The molecule has 0 aliphatic carbocycles. The lowest BCUT2D eigenvalue weighted by Crippen LogP contribution is -2.48. The van der Waals surface area contributed by atoms with Crippen LogP contribution in [0.15, 0.2) is 60.7 Å². The van der Waals surface area contributed by atoms with Crippen molar-refractivity contribution in [3.05, 3.63) is 94.0 Å². The molecule has 2 heterocycles. The topological polar surface area (TPSA) is 50.5 Å². The molecule has 4 nitrogen and oxygen atoms in total. The molecule has 3 aromatic rings. The average Bonchev–Trinajstić information content (AvgIpc) is 3.26. The average molecular weight is 557 g/mol. The van der Waals surface area contributed by atoms with Crippen molar-refractivity contribution in [1.82, 2.24) is 10.2 Å². The number of benzene rings is 3. The third kappa shape index (κ3) is 6.31. The minimum absolute atomic E-state index is 0. The van der Waals surface area contributed by atoms with Gasteiger partial charge in [-0.25, -0.2) is 0 Å². The second kappa shape index (κ2) is 12.7. The first-order valence-corrected chi connectivity index (χ1v) is 13.5. The summed E-state index contributed by atoms with van der Waals surface area (Å²) in [6, 6.07) is 21.9. The van der Waals surface area contributed by atoms with E-state index in [4.69, 9.17) is 10.5 Å². The van der Waals surface area contributed by atoms with Crippen molar-refractivity contribution >= 4 is 30.5 Å². The van der Waals surface area contributed by atoms with Crippen molar-refractivity contribution in [1.29, 1.82) is 0 Å². The Hall–Kier alpha value is -2.24. The van der Waals surface area contributed by atoms with Crippen LogP contribution < -0.4 is 15.8 Å². The molecular formula is C32H43Cl2N3O. The van der Waals surface area contributed by atoms with E-state index < -0.39 is 0 Å². The Morgan fingerprint density at radius 2 is 1.45 bits per heavy atom. The highest BCUT2D eigenvalue weighted by Gasteiger charge is 2.39. The van der Waals surface area contributed by atoms with Gasteiger partial charge in [0.1, 0.15) is 11.4 Å². The Kier molecular flexibility index (Phi) is 10.2. The summed E-state index contributed by atoms with van der Waals surface area (Å²) in [5, 5.41) is 3.90. The van der Waals surface area contributed by atoms with E-state index in [1.807, 2.05) is 0 Å². The second-order valence-electron chi connectivity index (χ2n) is 11.2. The number of hydrogen-bond acceptors (Lipinski definition) is 4. The van der Waals surface area contributed by atoms with Crippen LogP contribution in [0.5, 0.6) is 5.75 Å². The van der Waals surface area contributed by atoms with E-state index in [-0.39, 0.29) is 36.5 Å². The largest absolute Gasteiger partial charge is 0.485 e. The van der Waals surface area contributed by atoms with E-state index in [0.717, 1.165) is 49.6 Å². The standard InChI is InChI=1S/C32H41N3O.2ClH/c1-22-23(2)31-28(24(3)29(22)33)19-32(4,36-31)21-35-17-15-25(16-18-35)20-34-30(26-11-7-5-8-12-26)27-13-9-6-10-14-27;;/h5-14,25,30,34H,15-21,33H2,1-4H3;2*1H. The number of halogens is 2. The van der Waals surface area contributed by atoms with Crippen LogP contribution in [0.3, 0.4) is 0 Å². The fraction of sp³-hybridized carbons (Fsp3) is 0.438. The van der Waals surface area contributed by atoms with Crippen molar-refractivity contribution in [2.75, 3.05) is 31.9 Å². The number of ether oxygens (including phenoxy) is 1. The predicted octanol–water partition coefficient (Wildman–Crippen LogP) is 6.82. The molecular weight excluding hydrogens is 513 g/mol. The summed E-state index contributed by atoms with van der Waals surface area (Å²) in [5.74, 6) is 1.77. The van der Waals surface area contributed by atoms with Crippen LogP contribution in [-0.2, 0) is 6.42 Å². The lowest BCUT2D eigenvalue weighted by Gasteiger charge is -2.37. The Morgan fingerprint density at radius 1 is 0.895 bits per heavy atom. The van der Waals surface area contributed by atoms with Gasteiger partial charge in [0.2, 0.25) is 0 Å². The SMILES string of the molecule is Cc1c(C)c2c(c(C)c1N)CC(C)(CN1CCC(CNC(c3ccccc3)c3ccccc3)CC1)O2.Cl.Cl. The number of likely N-dealkylation sites (tertiary alicyclic amines) is 1. The highest BCUT2D eigenvalue weighted by atomic mass is 35.5. The van der Waals surface area contributed by atoms with Crippen molar-refractivity contribution < 1.29 is 4.74 Å². The summed E-state index contributed by atoms with van der Waals surface area (Å²) < 4.78 is 6.64. The third-order valence-electron chi connectivity index (χ3n) is 8.48. The molecule has 0 radical (unpaired) electrons. The predicted molar refractivity (Wildman–Crippen MR) is 164 cm³/mol. The zero-order valence-electron chi connectivity index (χ0n) is 23.1. The molecule has 0 bridgehead atoms. The van der Waals surface area contributed by atoms with Crippen LogP contribution >= 0.6 is 24.8 Å². The van der Waals surface area contributed by atoms with Crippen molar-refractivity contribution in [2.24, 2.45) is 5.92 Å². The van der Waals surface area contributed by atoms with Crippen LogP contribution in [0.1, 0.15) is 59.2 Å². The molecule has 1 saturated heterocycles. The molecule has 1 fully saturated rings. The Bertz CT molecular complexity index is 1120. The number of nitrogen functional groups attached to an aromatic ring is 1. The maximum atomic E-state index is 6.64. The van der Waals surface area contributed by atoms with Gasteiger partial charge in [-0.2, -0.15) is 0 Å². The van der Waals surface area contributed by atoms with E-state index in [1.54, 1.807) is 0 Å². The fourth-order valence-electron chi connectivity index (χ4n) is 6.13. The van der Waals surface area contributed by atoms with Gasteiger partial charge in [0.15, 0.2) is 0 Å². The summed E-state index contributed by atoms with van der Waals surface area (Å²) >= 11 is 0. The Labute approximate surface area is 241 Å². The van der Waals surface area contributed by atoms with Crippen LogP contribution in [0.25, 0.3) is 0 Å². The lowest BCUT2D eigenvalue weighted by molar-refractivity contribution is 0.0472. The molecule has 0 saturated carbocycles. The van der Waals surface area contributed by atoms with Crippen LogP contribution in [-0.4, -0.2) is 36.7 Å². The van der Waals surface area contributed by atoms with Gasteiger partial charge in [-0.15, -0.1) is 24.8 Å². The van der Waals surface area contributed by atoms with E-state index in [2.05, 4.69) is 98.6 Å². The molecule has 0 amide bonds. The van der Waals surface area contributed by atoms with Crippen molar-refractivity contribution in [3.8, 4) is 5.75 Å². The van der Waals surface area contributed by atoms with E-state index >= 15 is 0 Å². The maximum Gasteiger partial charge on any atom is 0.127 e. The summed E-state index contributed by atoms with van der Waals surface area (Å²) in [6.45, 7) is 12.9.